The zero-order chi connectivity index (χ0) is 18.9. The molecule has 4 aromatic carbocycles. The Kier molecular flexibility index (Phi) is 4.17. The number of nitrogens with zero attached hydrogens (tertiary/aromatic N) is 2. The second-order valence-corrected chi connectivity index (χ2v) is 7.42. The molecule has 0 amide bonds. The number of para-hydroxylation sites is 1. The molecule has 1 atom stereocenters. The van der Waals surface area contributed by atoms with Gasteiger partial charge in [-0.2, -0.15) is 5.10 Å². The number of aryl methyl sites for hydroxylation is 1. The molecule has 2 nitrogen and oxygen atoms in total. The second kappa shape index (κ2) is 6.97. The van der Waals surface area contributed by atoms with Crippen LogP contribution in [-0.4, -0.2) is 5.71 Å². The van der Waals surface area contributed by atoms with Gasteiger partial charge in [-0.15, -0.1) is 0 Å². The van der Waals surface area contributed by atoms with Crippen molar-refractivity contribution in [2.24, 2.45) is 5.10 Å². The maximum Gasteiger partial charge on any atom is 0.0831 e. The van der Waals surface area contributed by atoms with Crippen LogP contribution in [0, 0.1) is 6.92 Å². The molecule has 0 aromatic heterocycles. The van der Waals surface area contributed by atoms with Crippen molar-refractivity contribution in [2.75, 3.05) is 5.01 Å². The van der Waals surface area contributed by atoms with Crippen LogP contribution in [0.5, 0.6) is 0 Å². The fourth-order valence-corrected chi connectivity index (χ4v) is 3.92. The maximum atomic E-state index is 5.07. The Morgan fingerprint density at radius 3 is 2.25 bits per heavy atom. The van der Waals surface area contributed by atoms with Gasteiger partial charge in [-0.05, 0) is 47.0 Å². The summed E-state index contributed by atoms with van der Waals surface area (Å²) < 4.78 is 0. The zero-order valence-corrected chi connectivity index (χ0v) is 15.9. The van der Waals surface area contributed by atoms with E-state index in [0.29, 0.717) is 0 Å². The number of hydrogen-bond donors (Lipinski definition) is 0. The smallest absolute Gasteiger partial charge is 0.0831 e. The highest BCUT2D eigenvalue weighted by molar-refractivity contribution is 6.05. The van der Waals surface area contributed by atoms with Crippen LogP contribution in [0.25, 0.3) is 10.8 Å². The van der Waals surface area contributed by atoms with Crippen molar-refractivity contribution < 1.29 is 0 Å². The summed E-state index contributed by atoms with van der Waals surface area (Å²) in [5.74, 6) is 0. The SMILES string of the molecule is Cc1ccc([C@H]2CC(c3ccc4ccccc4c3)=NN2c2ccccc2)cc1. The molecule has 0 N–H and O–H groups in total. The van der Waals surface area contributed by atoms with Gasteiger partial charge in [0.05, 0.1) is 17.4 Å². The molecule has 0 fully saturated rings. The molecule has 0 saturated carbocycles. The first-order chi connectivity index (χ1) is 13.8. The molecule has 0 spiro atoms. The number of benzene rings is 4. The molecule has 1 heterocycles. The van der Waals surface area contributed by atoms with Gasteiger partial charge in [0, 0.05) is 6.42 Å². The van der Waals surface area contributed by atoms with Crippen LogP contribution in [-0.2, 0) is 0 Å². The molecule has 28 heavy (non-hydrogen) atoms. The molecule has 2 heteroatoms. The maximum absolute atomic E-state index is 5.07. The molecule has 0 saturated heterocycles. The van der Waals surface area contributed by atoms with E-state index in [1.807, 2.05) is 0 Å². The fourth-order valence-electron chi connectivity index (χ4n) is 3.92. The minimum absolute atomic E-state index is 0.212. The van der Waals surface area contributed by atoms with Gasteiger partial charge in [-0.25, -0.2) is 0 Å². The van der Waals surface area contributed by atoms with Crippen molar-refractivity contribution >= 4 is 22.2 Å². The Morgan fingerprint density at radius 1 is 0.750 bits per heavy atom. The fraction of sp³-hybridized carbons (Fsp3) is 0.115. The summed E-state index contributed by atoms with van der Waals surface area (Å²) in [7, 11) is 0. The van der Waals surface area contributed by atoms with Gasteiger partial charge in [-0.1, -0.05) is 84.4 Å². The number of anilines is 1. The molecule has 5 rings (SSSR count). The molecule has 136 valence electrons. The summed E-state index contributed by atoms with van der Waals surface area (Å²) in [6.07, 6.45) is 0.899. The molecule has 4 aromatic rings. The topological polar surface area (TPSA) is 15.6 Å². The molecule has 0 radical (unpaired) electrons. The zero-order valence-electron chi connectivity index (χ0n) is 15.9. The first-order valence-electron chi connectivity index (χ1n) is 9.75. The standard InChI is InChI=1S/C26H22N2/c1-19-11-13-21(14-12-19)26-18-25(27-28(26)24-9-3-2-4-10-24)23-16-15-20-7-5-6-8-22(20)17-23/h2-17,26H,18H2,1H3/t26-/m1/s1. The summed E-state index contributed by atoms with van der Waals surface area (Å²) >= 11 is 0. The van der Waals surface area contributed by atoms with Crippen molar-refractivity contribution in [1.29, 1.82) is 0 Å². The lowest BCUT2D eigenvalue weighted by atomic mass is 9.96. The lowest BCUT2D eigenvalue weighted by Gasteiger charge is -2.24. The highest BCUT2D eigenvalue weighted by Crippen LogP contribution is 2.37. The minimum Gasteiger partial charge on any atom is -0.257 e. The van der Waals surface area contributed by atoms with E-state index in [1.165, 1.54) is 27.5 Å². The quantitative estimate of drug-likeness (QED) is 0.406. The number of rotatable bonds is 3. The van der Waals surface area contributed by atoms with Crippen molar-refractivity contribution in [3.8, 4) is 0 Å². The van der Waals surface area contributed by atoms with Gasteiger partial charge in [0.25, 0.3) is 0 Å². The van der Waals surface area contributed by atoms with E-state index in [1.54, 1.807) is 0 Å². The van der Waals surface area contributed by atoms with E-state index >= 15 is 0 Å². The van der Waals surface area contributed by atoms with E-state index in [-0.39, 0.29) is 6.04 Å². The summed E-state index contributed by atoms with van der Waals surface area (Å²) in [4.78, 5) is 0. The van der Waals surface area contributed by atoms with Crippen molar-refractivity contribution in [1.82, 2.24) is 0 Å². The van der Waals surface area contributed by atoms with Crippen LogP contribution in [0.2, 0.25) is 0 Å². The van der Waals surface area contributed by atoms with Gasteiger partial charge in [-0.3, -0.25) is 5.01 Å². The molecule has 0 unspecified atom stereocenters. The van der Waals surface area contributed by atoms with Crippen molar-refractivity contribution in [3.63, 3.8) is 0 Å². The normalized spacial score (nSPS) is 16.4. The summed E-state index contributed by atoms with van der Waals surface area (Å²) in [6, 6.07) is 34.7. The van der Waals surface area contributed by atoms with E-state index < -0.39 is 0 Å². The van der Waals surface area contributed by atoms with Crippen LogP contribution in [0.4, 0.5) is 5.69 Å². The summed E-state index contributed by atoms with van der Waals surface area (Å²) in [5.41, 5.74) is 6.05. The van der Waals surface area contributed by atoms with E-state index in [0.717, 1.165) is 17.8 Å². The predicted molar refractivity (Wildman–Crippen MR) is 118 cm³/mol. The number of fused-ring (bicyclic) bond motifs is 1. The Labute approximate surface area is 165 Å². The number of hydrazone groups is 1. The molecule has 1 aliphatic heterocycles. The molecular formula is C26H22N2. The van der Waals surface area contributed by atoms with Gasteiger partial charge >= 0.3 is 0 Å². The third kappa shape index (κ3) is 3.07. The lowest BCUT2D eigenvalue weighted by molar-refractivity contribution is 0.709. The Morgan fingerprint density at radius 2 is 1.46 bits per heavy atom. The van der Waals surface area contributed by atoms with Crippen molar-refractivity contribution in [3.05, 3.63) is 114 Å². The molecule has 0 bridgehead atoms. The van der Waals surface area contributed by atoms with E-state index in [4.69, 9.17) is 5.10 Å². The third-order valence-corrected chi connectivity index (χ3v) is 5.48. The van der Waals surface area contributed by atoms with Gasteiger partial charge in [0.2, 0.25) is 0 Å². The predicted octanol–water partition coefficient (Wildman–Crippen LogP) is 6.50. The van der Waals surface area contributed by atoms with E-state index in [2.05, 4.69) is 109 Å². The Bertz CT molecular complexity index is 1140. The average Bonchev–Trinajstić information content (AvgIpc) is 3.20. The summed E-state index contributed by atoms with van der Waals surface area (Å²) in [5, 5.41) is 9.76. The van der Waals surface area contributed by atoms with Crippen LogP contribution in [0.3, 0.4) is 0 Å². The van der Waals surface area contributed by atoms with Crippen LogP contribution < -0.4 is 5.01 Å². The van der Waals surface area contributed by atoms with Crippen LogP contribution >= 0.6 is 0 Å². The highest BCUT2D eigenvalue weighted by atomic mass is 15.5. The summed E-state index contributed by atoms with van der Waals surface area (Å²) in [6.45, 7) is 2.13. The lowest BCUT2D eigenvalue weighted by Crippen LogP contribution is -2.18. The van der Waals surface area contributed by atoms with Gasteiger partial charge < -0.3 is 0 Å². The minimum atomic E-state index is 0.212. The van der Waals surface area contributed by atoms with Gasteiger partial charge in [0.15, 0.2) is 0 Å². The first kappa shape index (κ1) is 16.8. The Balaban J connectivity index is 1.57. The van der Waals surface area contributed by atoms with Crippen LogP contribution in [0.15, 0.2) is 102 Å². The average molecular weight is 362 g/mol. The molecule has 0 aliphatic carbocycles. The molecular weight excluding hydrogens is 340 g/mol. The molecule has 1 aliphatic rings. The third-order valence-electron chi connectivity index (χ3n) is 5.48. The van der Waals surface area contributed by atoms with Gasteiger partial charge in [0.1, 0.15) is 0 Å². The monoisotopic (exact) mass is 362 g/mol. The Hall–Kier alpha value is -3.39. The largest absolute Gasteiger partial charge is 0.257 e. The second-order valence-electron chi connectivity index (χ2n) is 7.42. The first-order valence-corrected chi connectivity index (χ1v) is 9.75. The highest BCUT2D eigenvalue weighted by Gasteiger charge is 2.29. The van der Waals surface area contributed by atoms with Crippen molar-refractivity contribution in [2.45, 2.75) is 19.4 Å². The van der Waals surface area contributed by atoms with E-state index in [9.17, 15) is 0 Å². The van der Waals surface area contributed by atoms with Crippen LogP contribution in [0.1, 0.15) is 29.2 Å². The number of hydrogen-bond acceptors (Lipinski definition) is 2.